The molecular weight excluding hydrogens is 350 g/mol. The van der Waals surface area contributed by atoms with Crippen LogP contribution in [0, 0.1) is 0 Å². The third-order valence-corrected chi connectivity index (χ3v) is 4.37. The number of hydrogen-bond acceptors (Lipinski definition) is 4. The number of carbonyl (C=O) groups is 1. The van der Waals surface area contributed by atoms with Crippen LogP contribution in [0.25, 0.3) is 6.08 Å². The number of benzene rings is 2. The van der Waals surface area contributed by atoms with E-state index in [0.717, 1.165) is 11.1 Å². The van der Waals surface area contributed by atoms with Crippen LogP contribution in [0.4, 0.5) is 0 Å². The lowest BCUT2D eigenvalue weighted by Crippen LogP contribution is -1.98. The third-order valence-electron chi connectivity index (χ3n) is 4.00. The topological polar surface area (TPSA) is 48.4 Å². The number of fused-ring (bicyclic) bond motifs is 1. The summed E-state index contributed by atoms with van der Waals surface area (Å²) in [5.41, 5.74) is 2.27. The minimum Gasteiger partial charge on any atom is -0.489 e. The monoisotopic (exact) mass is 363 g/mol. The lowest BCUT2D eigenvalue weighted by atomic mass is 10.1. The van der Waals surface area contributed by atoms with E-state index in [2.05, 4.69) is 4.98 Å². The summed E-state index contributed by atoms with van der Waals surface area (Å²) in [6.45, 7) is 0.339. The van der Waals surface area contributed by atoms with Gasteiger partial charge in [0.25, 0.3) is 0 Å². The smallest absolute Gasteiger partial charge is 0.231 e. The van der Waals surface area contributed by atoms with Crippen molar-refractivity contribution >= 4 is 23.5 Å². The average Bonchev–Trinajstić information content (AvgIpc) is 2.97. The zero-order valence-corrected chi connectivity index (χ0v) is 14.4. The van der Waals surface area contributed by atoms with Gasteiger partial charge < -0.3 is 9.47 Å². The SMILES string of the molecule is O=C1/C(=C\c2ccncc2)Oc2cc(OCc3ccccc3Cl)ccc21. The molecule has 1 aliphatic heterocycles. The van der Waals surface area contributed by atoms with E-state index in [1.54, 1.807) is 36.7 Å². The normalized spacial score (nSPS) is 14.2. The number of ether oxygens (including phenoxy) is 2. The van der Waals surface area contributed by atoms with E-state index in [1.165, 1.54) is 0 Å². The second kappa shape index (κ2) is 7.02. The first-order valence-electron chi connectivity index (χ1n) is 8.05. The number of rotatable bonds is 4. The summed E-state index contributed by atoms with van der Waals surface area (Å²) in [6, 6.07) is 16.3. The van der Waals surface area contributed by atoms with Crippen LogP contribution in [0.3, 0.4) is 0 Å². The van der Waals surface area contributed by atoms with E-state index in [0.29, 0.717) is 28.7 Å². The molecule has 0 saturated heterocycles. The van der Waals surface area contributed by atoms with Crippen molar-refractivity contribution in [2.24, 2.45) is 0 Å². The molecule has 2 aromatic carbocycles. The minimum atomic E-state index is -0.144. The number of Topliss-reactive ketones (excluding diaryl/α,β-unsaturated/α-hetero) is 1. The quantitative estimate of drug-likeness (QED) is 0.617. The number of allylic oxidation sites excluding steroid dienone is 1. The lowest BCUT2D eigenvalue weighted by molar-refractivity contribution is 0.101. The van der Waals surface area contributed by atoms with Gasteiger partial charge >= 0.3 is 0 Å². The van der Waals surface area contributed by atoms with E-state index >= 15 is 0 Å². The number of nitrogens with zero attached hydrogens (tertiary/aromatic N) is 1. The first kappa shape index (κ1) is 16.4. The Morgan fingerprint density at radius 3 is 2.69 bits per heavy atom. The van der Waals surface area contributed by atoms with Crippen LogP contribution in [0.5, 0.6) is 11.5 Å². The summed E-state index contributed by atoms with van der Waals surface area (Å²) in [5, 5.41) is 0.655. The van der Waals surface area contributed by atoms with Crippen molar-refractivity contribution in [3.05, 3.63) is 94.5 Å². The number of ketones is 1. The Morgan fingerprint density at radius 1 is 1.08 bits per heavy atom. The van der Waals surface area contributed by atoms with E-state index < -0.39 is 0 Å². The van der Waals surface area contributed by atoms with Crippen molar-refractivity contribution in [1.82, 2.24) is 4.98 Å². The molecule has 1 aromatic heterocycles. The molecule has 0 atom stereocenters. The van der Waals surface area contributed by atoms with E-state index in [1.807, 2.05) is 36.4 Å². The van der Waals surface area contributed by atoms with Gasteiger partial charge in [-0.25, -0.2) is 0 Å². The maximum atomic E-state index is 12.5. The number of hydrogen-bond donors (Lipinski definition) is 0. The van der Waals surface area contributed by atoms with Gasteiger partial charge in [0.1, 0.15) is 18.1 Å². The molecule has 0 unspecified atom stereocenters. The average molecular weight is 364 g/mol. The van der Waals surface area contributed by atoms with Gasteiger partial charge in [-0.05, 0) is 42.0 Å². The van der Waals surface area contributed by atoms with Crippen LogP contribution in [0.2, 0.25) is 5.02 Å². The predicted octanol–water partition coefficient (Wildman–Crippen LogP) is 4.93. The fourth-order valence-corrected chi connectivity index (χ4v) is 2.83. The van der Waals surface area contributed by atoms with Gasteiger partial charge in [0.2, 0.25) is 5.78 Å². The maximum absolute atomic E-state index is 12.5. The highest BCUT2D eigenvalue weighted by Crippen LogP contribution is 2.35. The first-order chi connectivity index (χ1) is 12.7. The molecule has 3 aromatic rings. The summed E-state index contributed by atoms with van der Waals surface area (Å²) < 4.78 is 11.5. The summed E-state index contributed by atoms with van der Waals surface area (Å²) in [5.74, 6) is 1.25. The van der Waals surface area contributed by atoms with Crippen molar-refractivity contribution in [1.29, 1.82) is 0 Å². The van der Waals surface area contributed by atoms with Crippen molar-refractivity contribution < 1.29 is 14.3 Å². The van der Waals surface area contributed by atoms with E-state index in [-0.39, 0.29) is 11.5 Å². The maximum Gasteiger partial charge on any atom is 0.231 e. The van der Waals surface area contributed by atoms with Crippen LogP contribution < -0.4 is 9.47 Å². The highest BCUT2D eigenvalue weighted by molar-refractivity contribution is 6.31. The van der Waals surface area contributed by atoms with Crippen molar-refractivity contribution in [2.75, 3.05) is 0 Å². The largest absolute Gasteiger partial charge is 0.489 e. The molecule has 0 aliphatic carbocycles. The zero-order valence-electron chi connectivity index (χ0n) is 13.7. The molecule has 4 nitrogen and oxygen atoms in total. The lowest BCUT2D eigenvalue weighted by Gasteiger charge is -2.08. The Morgan fingerprint density at radius 2 is 1.88 bits per heavy atom. The summed E-state index contributed by atoms with van der Waals surface area (Å²) in [4.78, 5) is 16.4. The van der Waals surface area contributed by atoms with Gasteiger partial charge in [-0.15, -0.1) is 0 Å². The van der Waals surface area contributed by atoms with Gasteiger partial charge in [0.15, 0.2) is 5.76 Å². The molecule has 2 heterocycles. The second-order valence-corrected chi connectivity index (χ2v) is 6.17. The first-order valence-corrected chi connectivity index (χ1v) is 8.43. The number of halogens is 1. The van der Waals surface area contributed by atoms with Gasteiger partial charge in [-0.2, -0.15) is 0 Å². The molecule has 0 amide bonds. The van der Waals surface area contributed by atoms with E-state index in [9.17, 15) is 4.79 Å². The van der Waals surface area contributed by atoms with Crippen LogP contribution in [-0.2, 0) is 6.61 Å². The van der Waals surface area contributed by atoms with Crippen LogP contribution in [-0.4, -0.2) is 10.8 Å². The van der Waals surface area contributed by atoms with Gasteiger partial charge in [-0.3, -0.25) is 9.78 Å². The van der Waals surface area contributed by atoms with Crippen LogP contribution in [0.1, 0.15) is 21.5 Å². The minimum absolute atomic E-state index is 0.144. The fraction of sp³-hybridized carbons (Fsp3) is 0.0476. The molecule has 0 spiro atoms. The molecule has 128 valence electrons. The Hall–Kier alpha value is -3.11. The van der Waals surface area contributed by atoms with Crippen molar-refractivity contribution in [3.8, 4) is 11.5 Å². The molecule has 0 radical (unpaired) electrons. The molecule has 4 rings (SSSR count). The molecule has 26 heavy (non-hydrogen) atoms. The Bertz CT molecular complexity index is 999. The van der Waals surface area contributed by atoms with Crippen LogP contribution in [0.15, 0.2) is 72.8 Å². The number of carbonyl (C=O) groups excluding carboxylic acids is 1. The Labute approximate surface area is 155 Å². The Balaban J connectivity index is 1.53. The predicted molar refractivity (Wildman–Crippen MR) is 99.4 cm³/mol. The highest BCUT2D eigenvalue weighted by Gasteiger charge is 2.27. The van der Waals surface area contributed by atoms with Crippen molar-refractivity contribution in [3.63, 3.8) is 0 Å². The van der Waals surface area contributed by atoms with Crippen LogP contribution >= 0.6 is 11.6 Å². The highest BCUT2D eigenvalue weighted by atomic mass is 35.5. The molecule has 1 aliphatic rings. The molecule has 0 fully saturated rings. The van der Waals surface area contributed by atoms with Gasteiger partial charge in [-0.1, -0.05) is 29.8 Å². The Kier molecular flexibility index (Phi) is 4.42. The zero-order chi connectivity index (χ0) is 17.9. The fourth-order valence-electron chi connectivity index (χ4n) is 2.64. The molecule has 0 bridgehead atoms. The standard InChI is InChI=1S/C21H14ClNO3/c22-18-4-2-1-3-15(18)13-25-16-5-6-17-19(12-16)26-20(21(17)24)11-14-7-9-23-10-8-14/h1-12H,13H2/b20-11+. The molecular formula is C21H14ClNO3. The molecule has 5 heteroatoms. The van der Waals surface area contributed by atoms with Crippen molar-refractivity contribution in [2.45, 2.75) is 6.61 Å². The van der Waals surface area contributed by atoms with Gasteiger partial charge in [0, 0.05) is 29.0 Å². The summed E-state index contributed by atoms with van der Waals surface area (Å²) in [6.07, 6.45) is 5.04. The number of pyridine rings is 1. The number of aromatic nitrogens is 1. The molecule has 0 N–H and O–H groups in total. The second-order valence-electron chi connectivity index (χ2n) is 5.76. The third kappa shape index (κ3) is 3.32. The summed E-state index contributed by atoms with van der Waals surface area (Å²) in [7, 11) is 0. The summed E-state index contributed by atoms with van der Waals surface area (Å²) >= 11 is 6.14. The van der Waals surface area contributed by atoms with Gasteiger partial charge in [0.05, 0.1) is 5.56 Å². The van der Waals surface area contributed by atoms with E-state index in [4.69, 9.17) is 21.1 Å². The molecule has 0 saturated carbocycles.